The van der Waals surface area contributed by atoms with Crippen LogP contribution in [-0.4, -0.2) is 23.7 Å². The Morgan fingerprint density at radius 1 is 0.620 bits per heavy atom. The van der Waals surface area contributed by atoms with E-state index in [4.69, 9.17) is 4.42 Å². The zero-order valence-electron chi connectivity index (χ0n) is 52.0. The van der Waals surface area contributed by atoms with Gasteiger partial charge in [-0.1, -0.05) is 182 Å². The maximum Gasteiger partial charge on any atom is 0.292 e. The first kappa shape index (κ1) is 52.4. The molecule has 2 aliphatic heterocycles. The number of nitrogens with zero attached hydrogens (tertiary/aromatic N) is 2. The molecule has 2 saturated carbocycles. The van der Waals surface area contributed by atoms with Gasteiger partial charge in [-0.3, -0.25) is 0 Å². The van der Waals surface area contributed by atoms with E-state index in [9.17, 15) is 0 Å². The van der Waals surface area contributed by atoms with E-state index in [0.717, 1.165) is 37.7 Å². The second-order valence-electron chi connectivity index (χ2n) is 33.1. The Kier molecular flexibility index (Phi) is 11.1. The Morgan fingerprint density at radius 3 is 2.03 bits per heavy atom. The van der Waals surface area contributed by atoms with Crippen molar-refractivity contribution in [2.45, 2.75) is 224 Å². The van der Waals surface area contributed by atoms with Crippen LogP contribution in [0.5, 0.6) is 0 Å². The molecule has 3 nitrogen and oxygen atoms in total. The summed E-state index contributed by atoms with van der Waals surface area (Å²) in [6.45, 7) is 43.4. The molecule has 14 rings (SSSR count). The van der Waals surface area contributed by atoms with Gasteiger partial charge < -0.3 is 14.2 Å². The van der Waals surface area contributed by atoms with Gasteiger partial charge in [0.05, 0.1) is 23.4 Å². The Bertz CT molecular complexity index is 3610. The van der Waals surface area contributed by atoms with Crippen molar-refractivity contribution in [2.24, 2.45) is 50.2 Å². The molecular formula is C75H95BN2O. The van der Waals surface area contributed by atoms with E-state index in [2.05, 4.69) is 206 Å². The van der Waals surface area contributed by atoms with Crippen LogP contribution in [0.3, 0.4) is 0 Å². The third kappa shape index (κ3) is 7.61. The van der Waals surface area contributed by atoms with Crippen molar-refractivity contribution in [1.29, 1.82) is 0 Å². The minimum Gasteiger partial charge on any atom is -0.468 e. The van der Waals surface area contributed by atoms with Gasteiger partial charge in [0.25, 0.3) is 6.71 Å². The van der Waals surface area contributed by atoms with Crippen molar-refractivity contribution < 1.29 is 4.42 Å². The summed E-state index contributed by atoms with van der Waals surface area (Å²) in [4.78, 5) is 5.98. The SMILES string of the molecule is CC1=CC2=C3B(C4=C(CC5C(=C4)C(C)(C)CCC5(C)C)N2C2CC4=C(C=C2C2=c5ccccc5=CCC2)C(C)(C)CCC4(C)C)c2oc4cc5c(cc4c2N(C2=CC4C(C=C2)C(C)(C)CCC4(C)C)C3C1)C(C)(C)CCC5(C)C. The highest BCUT2D eigenvalue weighted by Gasteiger charge is 2.58. The standard InChI is InChI=1S/C75H95BN2O/c1-44-35-62-65-63(36-44)78(60-41-56-53(70(6,7)29-32-73(56,12)13)38-49(60)48-24-20-22-45-21-18-19-23-47(45)48)61-42-57-55(72(10,11)31-33-74(57,14)15)40-59(61)76(65)67-66(50-39-54-58(43-64(50)79-67)75(16,17)34-30-71(54,8)9)77(62)46-25-26-51-52(37-46)69(4,5)28-27-68(51,2)3/h18-19,21-23,25-26,36-40,43,51-52,57,60,62H,20,24,27-35,41-42H2,1-17H3. The van der Waals surface area contributed by atoms with Gasteiger partial charge in [0.15, 0.2) is 0 Å². The van der Waals surface area contributed by atoms with Gasteiger partial charge >= 0.3 is 0 Å². The molecule has 0 saturated heterocycles. The van der Waals surface area contributed by atoms with E-state index in [1.54, 1.807) is 39.0 Å². The molecule has 0 radical (unpaired) electrons. The molecule has 0 N–H and O–H groups in total. The molecule has 2 fully saturated rings. The molecule has 3 heterocycles. The normalized spacial score (nSPS) is 31.5. The van der Waals surface area contributed by atoms with E-state index >= 15 is 0 Å². The molecule has 5 unspecified atom stereocenters. The molecule has 4 heteroatoms. The molecule has 3 aromatic rings. The molecule has 0 bridgehead atoms. The maximum absolute atomic E-state index is 7.96. The Balaban J connectivity index is 1.09. The molecule has 11 aliphatic rings. The van der Waals surface area contributed by atoms with Gasteiger partial charge in [-0.25, -0.2) is 0 Å². The van der Waals surface area contributed by atoms with E-state index in [-0.39, 0.29) is 62.1 Å². The molecule has 5 atom stereocenters. The molecule has 2 aromatic carbocycles. The lowest BCUT2D eigenvalue weighted by Gasteiger charge is -2.57. The summed E-state index contributed by atoms with van der Waals surface area (Å²) in [7, 11) is 0. The third-order valence-electron chi connectivity index (χ3n) is 24.5. The summed E-state index contributed by atoms with van der Waals surface area (Å²) in [6, 6.07) is 14.9. The molecule has 1 aromatic heterocycles. The highest BCUT2D eigenvalue weighted by molar-refractivity contribution is 6.88. The van der Waals surface area contributed by atoms with Crippen LogP contribution in [0.1, 0.15) is 212 Å². The minimum absolute atomic E-state index is 0.0149. The number of hydrogen-bond donors (Lipinski definition) is 0. The molecule has 79 heavy (non-hydrogen) atoms. The summed E-state index contributed by atoms with van der Waals surface area (Å²) in [5.41, 5.74) is 24.9. The number of hydrogen-bond acceptors (Lipinski definition) is 3. The lowest BCUT2D eigenvalue weighted by Crippen LogP contribution is -2.59. The fraction of sp³-hybridized carbons (Fsp3) is 0.573. The lowest BCUT2D eigenvalue weighted by molar-refractivity contribution is 0.0326. The zero-order chi connectivity index (χ0) is 55.7. The number of allylic oxidation sites excluding steroid dienone is 10. The smallest absolute Gasteiger partial charge is 0.292 e. The predicted octanol–water partition coefficient (Wildman–Crippen LogP) is 17.5. The monoisotopic (exact) mass is 1050 g/mol. The van der Waals surface area contributed by atoms with E-state index in [1.165, 1.54) is 112 Å². The first-order valence-corrected chi connectivity index (χ1v) is 31.7. The molecule has 0 amide bonds. The van der Waals surface area contributed by atoms with Crippen molar-refractivity contribution in [3.63, 3.8) is 0 Å². The number of benzene rings is 2. The van der Waals surface area contributed by atoms with Crippen molar-refractivity contribution >= 4 is 40.7 Å². The number of anilines is 1. The average Bonchev–Trinajstić information content (AvgIpc) is 3.34. The molecule has 414 valence electrons. The van der Waals surface area contributed by atoms with Gasteiger partial charge in [-0.2, -0.15) is 0 Å². The minimum atomic E-state index is 0.0149. The van der Waals surface area contributed by atoms with Gasteiger partial charge in [0.2, 0.25) is 0 Å². The van der Waals surface area contributed by atoms with Crippen LogP contribution < -0.4 is 21.0 Å². The van der Waals surface area contributed by atoms with Crippen LogP contribution in [0.25, 0.3) is 22.6 Å². The fourth-order valence-corrected chi connectivity index (χ4v) is 18.8. The molecule has 9 aliphatic carbocycles. The van der Waals surface area contributed by atoms with Gasteiger partial charge in [-0.15, -0.1) is 0 Å². The van der Waals surface area contributed by atoms with Crippen LogP contribution in [0, 0.1) is 50.2 Å². The van der Waals surface area contributed by atoms with Crippen molar-refractivity contribution in [2.75, 3.05) is 4.90 Å². The van der Waals surface area contributed by atoms with Crippen LogP contribution in [0.4, 0.5) is 5.69 Å². The summed E-state index contributed by atoms with van der Waals surface area (Å²) < 4.78 is 7.96. The second-order valence-corrected chi connectivity index (χ2v) is 33.1. The molecular weight excluding hydrogens is 956 g/mol. The quantitative estimate of drug-likeness (QED) is 0.244. The summed E-state index contributed by atoms with van der Waals surface area (Å²) in [5.74, 6) is 1.40. The zero-order valence-corrected chi connectivity index (χ0v) is 52.0. The summed E-state index contributed by atoms with van der Waals surface area (Å²) >= 11 is 0. The van der Waals surface area contributed by atoms with Crippen molar-refractivity contribution in [3.8, 4) is 0 Å². The van der Waals surface area contributed by atoms with E-state index < -0.39 is 0 Å². The van der Waals surface area contributed by atoms with Crippen molar-refractivity contribution in [3.05, 3.63) is 150 Å². The highest BCUT2D eigenvalue weighted by Crippen LogP contribution is 2.63. The van der Waals surface area contributed by atoms with Gasteiger partial charge in [-0.05, 0) is 225 Å². The average molecular weight is 1050 g/mol. The van der Waals surface area contributed by atoms with Gasteiger partial charge in [0, 0.05) is 22.5 Å². The third-order valence-corrected chi connectivity index (χ3v) is 24.5. The Labute approximate surface area is 477 Å². The highest BCUT2D eigenvalue weighted by atomic mass is 16.3. The van der Waals surface area contributed by atoms with Gasteiger partial charge in [0.1, 0.15) is 5.58 Å². The topological polar surface area (TPSA) is 19.6 Å². The number of furan rings is 1. The predicted molar refractivity (Wildman–Crippen MR) is 335 cm³/mol. The van der Waals surface area contributed by atoms with Crippen LogP contribution in [0.15, 0.2) is 133 Å². The first-order chi connectivity index (χ1) is 37.0. The largest absolute Gasteiger partial charge is 0.468 e. The molecule has 0 spiro atoms. The van der Waals surface area contributed by atoms with E-state index in [1.807, 2.05) is 0 Å². The summed E-state index contributed by atoms with van der Waals surface area (Å²) in [6.07, 6.45) is 34.0. The fourth-order valence-electron chi connectivity index (χ4n) is 18.8. The Hall–Kier alpha value is -4.70. The maximum atomic E-state index is 7.96. The van der Waals surface area contributed by atoms with Crippen LogP contribution in [0.2, 0.25) is 0 Å². The number of fused-ring (bicyclic) bond motifs is 9. The Morgan fingerprint density at radius 2 is 1.28 bits per heavy atom. The lowest BCUT2D eigenvalue weighted by atomic mass is 9.31. The first-order valence-electron chi connectivity index (χ1n) is 31.7. The number of rotatable bonds is 3. The second kappa shape index (κ2) is 16.7. The van der Waals surface area contributed by atoms with Crippen LogP contribution >= 0.6 is 0 Å². The summed E-state index contributed by atoms with van der Waals surface area (Å²) in [5, 5.41) is 4.18. The van der Waals surface area contributed by atoms with E-state index in [0.29, 0.717) is 17.8 Å². The van der Waals surface area contributed by atoms with Crippen molar-refractivity contribution in [1.82, 2.24) is 4.90 Å². The van der Waals surface area contributed by atoms with Crippen LogP contribution in [-0.2, 0) is 10.8 Å².